The van der Waals surface area contributed by atoms with Crippen LogP contribution in [0.4, 0.5) is 5.69 Å². The average molecular weight is 405 g/mol. The van der Waals surface area contributed by atoms with E-state index >= 15 is 0 Å². The van der Waals surface area contributed by atoms with Crippen molar-refractivity contribution in [2.75, 3.05) is 24.7 Å². The maximum Gasteiger partial charge on any atom is 0.251 e. The Balaban J connectivity index is 2.18. The third-order valence-corrected chi connectivity index (χ3v) is 5.73. The third-order valence-electron chi connectivity index (χ3n) is 4.52. The van der Waals surface area contributed by atoms with Crippen molar-refractivity contribution in [1.82, 2.24) is 5.32 Å². The molecule has 1 amide bonds. The minimum absolute atomic E-state index is 0.128. The van der Waals surface area contributed by atoms with E-state index in [1.807, 2.05) is 24.3 Å². The Kier molecular flexibility index (Phi) is 7.07. The van der Waals surface area contributed by atoms with Crippen molar-refractivity contribution < 1.29 is 17.9 Å². The lowest BCUT2D eigenvalue weighted by molar-refractivity contribution is 0.0932. The lowest BCUT2D eigenvalue weighted by Gasteiger charge is -2.22. The van der Waals surface area contributed by atoms with E-state index in [2.05, 4.69) is 19.2 Å². The maximum atomic E-state index is 12.7. The number of benzene rings is 2. The van der Waals surface area contributed by atoms with Gasteiger partial charge in [-0.3, -0.25) is 9.10 Å². The number of hydrogen-bond acceptors (Lipinski definition) is 4. The number of hydrogen-bond donors (Lipinski definition) is 1. The van der Waals surface area contributed by atoms with Gasteiger partial charge in [0.15, 0.2) is 0 Å². The number of ether oxygens (including phenoxy) is 1. The third kappa shape index (κ3) is 5.73. The van der Waals surface area contributed by atoms with Crippen LogP contribution >= 0.6 is 0 Å². The monoisotopic (exact) mass is 404 g/mol. The maximum absolute atomic E-state index is 12.7. The smallest absolute Gasteiger partial charge is 0.251 e. The van der Waals surface area contributed by atoms with Gasteiger partial charge in [0.25, 0.3) is 5.91 Å². The zero-order valence-electron chi connectivity index (χ0n) is 17.0. The zero-order valence-corrected chi connectivity index (χ0v) is 17.8. The highest BCUT2D eigenvalue weighted by molar-refractivity contribution is 7.92. The van der Waals surface area contributed by atoms with E-state index in [0.717, 1.165) is 24.0 Å². The molecular formula is C21H28N2O4S. The van der Waals surface area contributed by atoms with Gasteiger partial charge in [-0.2, -0.15) is 0 Å². The van der Waals surface area contributed by atoms with Crippen molar-refractivity contribution in [2.45, 2.75) is 26.3 Å². The quantitative estimate of drug-likeness (QED) is 0.729. The molecule has 0 spiro atoms. The number of nitrogens with zero attached hydrogens (tertiary/aromatic N) is 1. The molecule has 0 saturated carbocycles. The van der Waals surface area contributed by atoms with Gasteiger partial charge in [-0.05, 0) is 54.3 Å². The summed E-state index contributed by atoms with van der Waals surface area (Å²) >= 11 is 0. The molecule has 0 aliphatic heterocycles. The first-order valence-electron chi connectivity index (χ1n) is 9.10. The van der Waals surface area contributed by atoms with E-state index in [0.29, 0.717) is 17.2 Å². The Bertz CT molecular complexity index is 891. The van der Waals surface area contributed by atoms with E-state index in [9.17, 15) is 13.2 Å². The second-order valence-corrected chi connectivity index (χ2v) is 9.22. The van der Waals surface area contributed by atoms with Crippen molar-refractivity contribution in [1.29, 1.82) is 0 Å². The van der Waals surface area contributed by atoms with Crippen molar-refractivity contribution in [3.05, 3.63) is 59.7 Å². The van der Waals surface area contributed by atoms with Gasteiger partial charge >= 0.3 is 0 Å². The summed E-state index contributed by atoms with van der Waals surface area (Å²) in [6, 6.07) is 14.1. The molecule has 0 fully saturated rings. The largest absolute Gasteiger partial charge is 0.497 e. The van der Waals surface area contributed by atoms with E-state index in [1.54, 1.807) is 31.4 Å². The number of rotatable bonds is 8. The van der Waals surface area contributed by atoms with Gasteiger partial charge in [0, 0.05) is 12.6 Å². The Morgan fingerprint density at radius 3 is 2.11 bits per heavy atom. The van der Waals surface area contributed by atoms with Gasteiger partial charge in [0.1, 0.15) is 5.75 Å². The average Bonchev–Trinajstić information content (AvgIpc) is 2.66. The minimum atomic E-state index is -3.34. The highest BCUT2D eigenvalue weighted by atomic mass is 32.2. The van der Waals surface area contributed by atoms with Crippen molar-refractivity contribution in [3.8, 4) is 5.75 Å². The number of amides is 1. The molecule has 0 aliphatic carbocycles. The van der Waals surface area contributed by atoms with E-state index in [-0.39, 0.29) is 11.9 Å². The molecule has 7 heteroatoms. The molecule has 2 aromatic rings. The molecular weight excluding hydrogens is 376 g/mol. The molecule has 0 aromatic heterocycles. The van der Waals surface area contributed by atoms with Crippen molar-refractivity contribution >= 4 is 21.6 Å². The Hall–Kier alpha value is -2.54. The topological polar surface area (TPSA) is 75.7 Å². The molecule has 1 unspecified atom stereocenters. The molecule has 0 saturated heterocycles. The lowest BCUT2D eigenvalue weighted by atomic mass is 9.96. The number of methoxy groups -OCH3 is 1. The molecule has 0 aliphatic rings. The van der Waals surface area contributed by atoms with Gasteiger partial charge in [-0.25, -0.2) is 8.42 Å². The summed E-state index contributed by atoms with van der Waals surface area (Å²) in [4.78, 5) is 12.7. The second-order valence-electron chi connectivity index (χ2n) is 7.21. The fourth-order valence-corrected chi connectivity index (χ4v) is 3.35. The number of carbonyl (C=O) groups is 1. The fraction of sp³-hybridized carbons (Fsp3) is 0.381. The summed E-state index contributed by atoms with van der Waals surface area (Å²) in [7, 11) is -0.244. The standard InChI is InChI=1S/C21H28N2O4S/c1-15(2)14-20(16-8-12-19(27-4)13-9-16)22-21(24)17-6-10-18(11-7-17)23(3)28(5,25)26/h6-13,15,20H,14H2,1-5H3,(H,22,24). The summed E-state index contributed by atoms with van der Waals surface area (Å²) in [5.74, 6) is 0.970. The number of carbonyl (C=O) groups excluding carboxylic acids is 1. The van der Waals surface area contributed by atoms with Crippen LogP contribution < -0.4 is 14.4 Å². The normalized spacial score (nSPS) is 12.5. The van der Waals surface area contributed by atoms with Crippen LogP contribution in [0.3, 0.4) is 0 Å². The predicted octanol–water partition coefficient (Wildman–Crippen LogP) is 3.61. The first kappa shape index (κ1) is 21.8. The van der Waals surface area contributed by atoms with E-state index < -0.39 is 10.0 Å². The molecule has 1 N–H and O–H groups in total. The van der Waals surface area contributed by atoms with Crippen molar-refractivity contribution in [2.24, 2.45) is 5.92 Å². The van der Waals surface area contributed by atoms with Crippen LogP contribution in [-0.2, 0) is 10.0 Å². The summed E-state index contributed by atoms with van der Waals surface area (Å²) in [6.45, 7) is 4.22. The van der Waals surface area contributed by atoms with Crippen LogP contribution in [0.25, 0.3) is 0 Å². The van der Waals surface area contributed by atoms with Crippen LogP contribution in [-0.4, -0.2) is 34.7 Å². The molecule has 1 atom stereocenters. The fourth-order valence-electron chi connectivity index (χ4n) is 2.84. The van der Waals surface area contributed by atoms with Crippen LogP contribution in [0.15, 0.2) is 48.5 Å². The summed E-state index contributed by atoms with van der Waals surface area (Å²) in [5, 5.41) is 3.09. The first-order chi connectivity index (χ1) is 13.1. The van der Waals surface area contributed by atoms with Gasteiger partial charge in [-0.1, -0.05) is 26.0 Å². The highest BCUT2D eigenvalue weighted by Crippen LogP contribution is 2.24. The molecule has 2 rings (SSSR count). The molecule has 6 nitrogen and oxygen atoms in total. The molecule has 2 aromatic carbocycles. The highest BCUT2D eigenvalue weighted by Gasteiger charge is 2.18. The van der Waals surface area contributed by atoms with Gasteiger partial charge in [0.05, 0.1) is 25.1 Å². The summed E-state index contributed by atoms with van der Waals surface area (Å²) in [6.07, 6.45) is 1.94. The van der Waals surface area contributed by atoms with Gasteiger partial charge in [0.2, 0.25) is 10.0 Å². The van der Waals surface area contributed by atoms with Crippen LogP contribution in [0.1, 0.15) is 42.2 Å². The predicted molar refractivity (Wildman–Crippen MR) is 112 cm³/mol. The first-order valence-corrected chi connectivity index (χ1v) is 11.0. The second kappa shape index (κ2) is 9.10. The zero-order chi connectivity index (χ0) is 20.9. The lowest BCUT2D eigenvalue weighted by Crippen LogP contribution is -2.29. The molecule has 0 radical (unpaired) electrons. The summed E-state index contributed by atoms with van der Waals surface area (Å²) < 4.78 is 29.7. The van der Waals surface area contributed by atoms with E-state index in [1.165, 1.54) is 11.4 Å². The van der Waals surface area contributed by atoms with Crippen LogP contribution in [0.2, 0.25) is 0 Å². The Labute approximate surface area is 167 Å². The van der Waals surface area contributed by atoms with Crippen LogP contribution in [0.5, 0.6) is 5.75 Å². The van der Waals surface area contributed by atoms with Crippen molar-refractivity contribution in [3.63, 3.8) is 0 Å². The Morgan fingerprint density at radius 2 is 1.64 bits per heavy atom. The number of sulfonamides is 1. The molecule has 0 bridgehead atoms. The van der Waals surface area contributed by atoms with Gasteiger partial charge in [-0.15, -0.1) is 0 Å². The molecule has 28 heavy (non-hydrogen) atoms. The van der Waals surface area contributed by atoms with Crippen LogP contribution in [0, 0.1) is 5.92 Å². The molecule has 0 heterocycles. The van der Waals surface area contributed by atoms with E-state index in [4.69, 9.17) is 4.74 Å². The number of anilines is 1. The number of nitrogens with one attached hydrogen (secondary N) is 1. The minimum Gasteiger partial charge on any atom is -0.497 e. The SMILES string of the molecule is COc1ccc(C(CC(C)C)NC(=O)c2ccc(N(C)S(C)(=O)=O)cc2)cc1. The van der Waals surface area contributed by atoms with Gasteiger partial charge < -0.3 is 10.1 Å². The Morgan fingerprint density at radius 1 is 1.07 bits per heavy atom. The summed E-state index contributed by atoms with van der Waals surface area (Å²) in [5.41, 5.74) is 2.00. The molecule has 152 valence electrons.